The molecule has 0 aliphatic carbocycles. The number of nitrogens with zero attached hydrogens (tertiary/aromatic N) is 5. The molecule has 4 aromatic rings. The molecule has 1 unspecified atom stereocenters. The molecule has 2 aromatic carbocycles. The number of hydrogen-bond donors (Lipinski definition) is 1. The molecule has 2 amide bonds. The maximum absolute atomic E-state index is 14.2. The van der Waals surface area contributed by atoms with Gasteiger partial charge in [-0.1, -0.05) is 36.4 Å². The van der Waals surface area contributed by atoms with Gasteiger partial charge in [0.15, 0.2) is 0 Å². The molecule has 2 fully saturated rings. The lowest BCUT2D eigenvalue weighted by atomic mass is 10.0. The van der Waals surface area contributed by atoms with Crippen LogP contribution in [0.5, 0.6) is 0 Å². The van der Waals surface area contributed by atoms with Gasteiger partial charge in [-0.2, -0.15) is 0 Å². The van der Waals surface area contributed by atoms with E-state index in [9.17, 15) is 19.2 Å². The number of benzene rings is 2. The van der Waals surface area contributed by atoms with Crippen molar-refractivity contribution in [2.75, 3.05) is 19.6 Å². The zero-order valence-electron chi connectivity index (χ0n) is 28.1. The number of carbonyl (C=O) groups excluding carboxylic acids is 4. The summed E-state index contributed by atoms with van der Waals surface area (Å²) in [6, 6.07) is 15.8. The van der Waals surface area contributed by atoms with Crippen molar-refractivity contribution < 1.29 is 28.7 Å². The maximum Gasteiger partial charge on any atom is 0.303 e. The van der Waals surface area contributed by atoms with E-state index >= 15 is 0 Å². The number of nitrogens with one attached hydrogen (secondary N) is 1. The lowest BCUT2D eigenvalue weighted by Gasteiger charge is -2.31. The van der Waals surface area contributed by atoms with Gasteiger partial charge < -0.3 is 24.3 Å². The zero-order chi connectivity index (χ0) is 34.5. The van der Waals surface area contributed by atoms with Crippen LogP contribution in [0.2, 0.25) is 0 Å². The summed E-state index contributed by atoms with van der Waals surface area (Å²) in [6.45, 7) is 8.21. The predicted molar refractivity (Wildman–Crippen MR) is 183 cm³/mol. The summed E-state index contributed by atoms with van der Waals surface area (Å²) in [7, 11) is 0. The first kappa shape index (κ1) is 34.3. The molecule has 13 heteroatoms. The van der Waals surface area contributed by atoms with Gasteiger partial charge in [-0.25, -0.2) is 9.97 Å². The average molecular weight is 687 g/mol. The summed E-state index contributed by atoms with van der Waals surface area (Å²) in [5.41, 5.74) is 4.86. The summed E-state index contributed by atoms with van der Waals surface area (Å²) in [4.78, 5) is 65.6. The highest BCUT2D eigenvalue weighted by Crippen LogP contribution is 2.34. The van der Waals surface area contributed by atoms with Gasteiger partial charge in [0.2, 0.25) is 12.2 Å². The fourth-order valence-corrected chi connectivity index (χ4v) is 7.54. The topological polar surface area (TPSA) is 136 Å². The molecule has 0 spiro atoms. The molecule has 258 valence electrons. The summed E-state index contributed by atoms with van der Waals surface area (Å²) in [5.74, 6) is -2.02. The smallest absolute Gasteiger partial charge is 0.303 e. The molecular formula is C36H42N6O6S. The molecule has 2 aromatic heterocycles. The number of ether oxygens (including phenoxy) is 2. The average Bonchev–Trinajstić information content (AvgIpc) is 3.90. The second kappa shape index (κ2) is 15.3. The quantitative estimate of drug-likeness (QED) is 0.217. The van der Waals surface area contributed by atoms with Crippen LogP contribution >= 0.6 is 11.3 Å². The Kier molecular flexibility index (Phi) is 10.7. The van der Waals surface area contributed by atoms with Crippen LogP contribution in [0.1, 0.15) is 73.2 Å². The third-order valence-electron chi connectivity index (χ3n) is 9.02. The SMILES string of the molecule is CC(=O)O[C@@H](C(=O)NCc1nc(Cn2c(C)nc3ccccc32)cs1)[C@@H](OC(C)=O)C(=O)N1CCCC1c1cccc(CN2CCCC2)c1. The van der Waals surface area contributed by atoms with Gasteiger partial charge in [0.05, 0.1) is 35.9 Å². The van der Waals surface area contributed by atoms with Crippen LogP contribution in [-0.4, -0.2) is 79.9 Å². The number of aryl methyl sites for hydroxylation is 1. The lowest BCUT2D eigenvalue weighted by molar-refractivity contribution is -0.178. The molecule has 49 heavy (non-hydrogen) atoms. The van der Waals surface area contributed by atoms with E-state index in [1.807, 2.05) is 48.7 Å². The van der Waals surface area contributed by atoms with E-state index in [2.05, 4.69) is 36.9 Å². The second-order valence-electron chi connectivity index (χ2n) is 12.7. The number of para-hydroxylation sites is 2. The van der Waals surface area contributed by atoms with Crippen LogP contribution in [-0.2, 0) is 48.3 Å². The highest BCUT2D eigenvalue weighted by Gasteiger charge is 2.44. The third-order valence-corrected chi connectivity index (χ3v) is 9.92. The molecule has 3 atom stereocenters. The molecule has 6 rings (SSSR count). The van der Waals surface area contributed by atoms with Gasteiger partial charge >= 0.3 is 11.9 Å². The van der Waals surface area contributed by atoms with Crippen molar-refractivity contribution in [3.05, 3.63) is 81.6 Å². The zero-order valence-corrected chi connectivity index (χ0v) is 28.9. The number of hydrogen-bond acceptors (Lipinski definition) is 10. The number of amides is 2. The Balaban J connectivity index is 1.16. The minimum Gasteiger partial charge on any atom is -0.448 e. The van der Waals surface area contributed by atoms with Crippen LogP contribution in [0.3, 0.4) is 0 Å². The number of fused-ring (bicyclic) bond motifs is 1. The highest BCUT2D eigenvalue weighted by atomic mass is 32.1. The van der Waals surface area contributed by atoms with Crippen LogP contribution < -0.4 is 5.32 Å². The molecule has 0 radical (unpaired) electrons. The van der Waals surface area contributed by atoms with E-state index < -0.39 is 36.0 Å². The van der Waals surface area contributed by atoms with Crippen molar-refractivity contribution in [1.29, 1.82) is 0 Å². The molecule has 1 N–H and O–H groups in total. The summed E-state index contributed by atoms with van der Waals surface area (Å²) in [6.07, 6.45) is 0.526. The molecule has 0 saturated carbocycles. The Hall–Kier alpha value is -4.62. The van der Waals surface area contributed by atoms with Gasteiger partial charge in [0, 0.05) is 32.3 Å². The van der Waals surface area contributed by atoms with Crippen LogP contribution in [0, 0.1) is 6.92 Å². The number of aromatic nitrogens is 3. The van der Waals surface area contributed by atoms with Crippen molar-refractivity contribution in [1.82, 2.24) is 29.7 Å². The van der Waals surface area contributed by atoms with Gasteiger partial charge in [-0.15, -0.1) is 11.3 Å². The highest BCUT2D eigenvalue weighted by molar-refractivity contribution is 7.09. The standard InChI is InChI=1S/C36H42N6O6S/c1-23-38-29-12-4-5-13-31(29)42(23)21-28-22-49-32(39-28)19-37-35(45)33(47-24(2)43)34(48-25(3)44)36(46)41-17-9-14-30(41)27-11-8-10-26(18-27)20-40-15-6-7-16-40/h4-5,8,10-13,18,22,30,33-34H,6-7,9,14-17,19-21H2,1-3H3,(H,37,45)/t30?,33-,34-/m1/s1. The molecule has 2 aliphatic rings. The number of esters is 2. The normalized spacial score (nSPS) is 17.6. The number of likely N-dealkylation sites (tertiary alicyclic amines) is 2. The minimum atomic E-state index is -1.68. The fraction of sp³-hybridized carbons (Fsp3) is 0.444. The second-order valence-corrected chi connectivity index (χ2v) is 13.6. The first-order valence-electron chi connectivity index (χ1n) is 16.7. The molecule has 2 aliphatic heterocycles. The Labute approximate surface area is 289 Å². The Morgan fingerprint density at radius 2 is 1.67 bits per heavy atom. The van der Waals surface area contributed by atoms with Crippen molar-refractivity contribution >= 4 is 46.1 Å². The van der Waals surface area contributed by atoms with Crippen molar-refractivity contribution in [2.45, 2.75) is 84.3 Å². The molecule has 2 saturated heterocycles. The predicted octanol–water partition coefficient (Wildman–Crippen LogP) is 4.29. The van der Waals surface area contributed by atoms with E-state index in [1.54, 1.807) is 4.90 Å². The van der Waals surface area contributed by atoms with E-state index in [4.69, 9.17) is 9.47 Å². The van der Waals surface area contributed by atoms with Crippen molar-refractivity contribution in [3.8, 4) is 0 Å². The Morgan fingerprint density at radius 1 is 0.918 bits per heavy atom. The number of thiazole rings is 1. The van der Waals surface area contributed by atoms with Crippen LogP contribution in [0.4, 0.5) is 0 Å². The number of imidazole rings is 1. The van der Waals surface area contributed by atoms with Gasteiger partial charge in [0.1, 0.15) is 10.8 Å². The lowest BCUT2D eigenvalue weighted by Crippen LogP contribution is -2.53. The third kappa shape index (κ3) is 8.16. The van der Waals surface area contributed by atoms with E-state index in [0.717, 1.165) is 74.4 Å². The monoisotopic (exact) mass is 686 g/mol. The van der Waals surface area contributed by atoms with Crippen molar-refractivity contribution in [3.63, 3.8) is 0 Å². The first-order valence-corrected chi connectivity index (χ1v) is 17.6. The summed E-state index contributed by atoms with van der Waals surface area (Å²) < 4.78 is 12.9. The van der Waals surface area contributed by atoms with Gasteiger partial charge in [-0.3, -0.25) is 24.1 Å². The fourth-order valence-electron chi connectivity index (χ4n) is 6.81. The van der Waals surface area contributed by atoms with E-state index in [1.165, 1.54) is 29.7 Å². The first-order chi connectivity index (χ1) is 23.7. The molecule has 4 heterocycles. The molecule has 12 nitrogen and oxygen atoms in total. The number of rotatable bonds is 12. The largest absolute Gasteiger partial charge is 0.448 e. The Bertz CT molecular complexity index is 1830. The molecular weight excluding hydrogens is 644 g/mol. The van der Waals surface area contributed by atoms with Crippen LogP contribution in [0.25, 0.3) is 11.0 Å². The van der Waals surface area contributed by atoms with E-state index in [-0.39, 0.29) is 12.6 Å². The van der Waals surface area contributed by atoms with Crippen molar-refractivity contribution in [2.24, 2.45) is 0 Å². The maximum atomic E-state index is 14.2. The van der Waals surface area contributed by atoms with E-state index in [0.29, 0.717) is 18.1 Å². The van der Waals surface area contributed by atoms with Crippen LogP contribution in [0.15, 0.2) is 53.9 Å². The molecule has 0 bridgehead atoms. The summed E-state index contributed by atoms with van der Waals surface area (Å²) in [5, 5.41) is 5.28. The Morgan fingerprint density at radius 3 is 2.45 bits per heavy atom. The minimum absolute atomic E-state index is 0.0298. The summed E-state index contributed by atoms with van der Waals surface area (Å²) >= 11 is 1.37. The number of carbonyl (C=O) groups is 4. The van der Waals surface area contributed by atoms with Gasteiger partial charge in [-0.05, 0) is 69.0 Å². The van der Waals surface area contributed by atoms with Gasteiger partial charge in [0.25, 0.3) is 11.8 Å².